The van der Waals surface area contributed by atoms with Gasteiger partial charge in [0.1, 0.15) is 18.1 Å². The Kier molecular flexibility index (Phi) is 5.41. The zero-order valence-corrected chi connectivity index (χ0v) is 14.5. The first-order valence-electron chi connectivity index (χ1n) is 7.94. The van der Waals surface area contributed by atoms with Crippen molar-refractivity contribution in [1.29, 1.82) is 0 Å². The first kappa shape index (κ1) is 17.1. The van der Waals surface area contributed by atoms with Gasteiger partial charge in [-0.2, -0.15) is 0 Å². The van der Waals surface area contributed by atoms with Gasteiger partial charge in [0, 0.05) is 10.6 Å². The fourth-order valence-corrected chi connectivity index (χ4v) is 2.62. The lowest BCUT2D eigenvalue weighted by Crippen LogP contribution is -2.26. The van der Waals surface area contributed by atoms with Crippen LogP contribution in [0.3, 0.4) is 0 Å². The average molecular weight is 356 g/mol. The second kappa shape index (κ2) is 7.90. The fourth-order valence-electron chi connectivity index (χ4n) is 2.43. The van der Waals surface area contributed by atoms with Crippen LogP contribution in [0.15, 0.2) is 71.3 Å². The summed E-state index contributed by atoms with van der Waals surface area (Å²) in [5.74, 6) is 0.980. The lowest BCUT2D eigenvalue weighted by atomic mass is 10.1. The molecule has 4 nitrogen and oxygen atoms in total. The molecule has 0 saturated carbocycles. The number of furan rings is 1. The molecule has 0 saturated heterocycles. The van der Waals surface area contributed by atoms with E-state index in [1.54, 1.807) is 30.5 Å². The molecule has 0 aliphatic rings. The van der Waals surface area contributed by atoms with Gasteiger partial charge in [-0.05, 0) is 37.3 Å². The average Bonchev–Trinajstić information content (AvgIpc) is 3.16. The molecule has 0 fully saturated rings. The minimum absolute atomic E-state index is 0.223. The zero-order chi connectivity index (χ0) is 17.6. The Balaban J connectivity index is 1.72. The predicted octanol–water partition coefficient (Wildman–Crippen LogP) is 5.00. The number of halogens is 1. The molecule has 1 unspecified atom stereocenters. The lowest BCUT2D eigenvalue weighted by Gasteiger charge is -2.15. The van der Waals surface area contributed by atoms with E-state index in [1.165, 1.54) is 0 Å². The molecule has 5 heteroatoms. The van der Waals surface area contributed by atoms with Crippen molar-refractivity contribution in [1.82, 2.24) is 5.32 Å². The van der Waals surface area contributed by atoms with E-state index in [1.807, 2.05) is 43.3 Å². The molecule has 128 valence electrons. The largest absolute Gasteiger partial charge is 0.488 e. The van der Waals surface area contributed by atoms with Gasteiger partial charge in [-0.25, -0.2) is 0 Å². The molecule has 1 heterocycles. The number of nitrogens with one attached hydrogen (secondary N) is 1. The topological polar surface area (TPSA) is 51.5 Å². The van der Waals surface area contributed by atoms with Crippen molar-refractivity contribution in [3.05, 3.63) is 88.8 Å². The maximum absolute atomic E-state index is 12.6. The van der Waals surface area contributed by atoms with E-state index in [2.05, 4.69) is 5.32 Å². The Morgan fingerprint density at radius 2 is 1.88 bits per heavy atom. The number of ether oxygens (including phenoxy) is 1. The Bertz CT molecular complexity index is 846. The number of rotatable bonds is 6. The van der Waals surface area contributed by atoms with E-state index >= 15 is 0 Å². The maximum Gasteiger partial charge on any atom is 0.255 e. The fraction of sp³-hybridized carbons (Fsp3) is 0.150. The van der Waals surface area contributed by atoms with Gasteiger partial charge in [-0.1, -0.05) is 41.9 Å². The lowest BCUT2D eigenvalue weighted by molar-refractivity contribution is 0.0931. The van der Waals surface area contributed by atoms with E-state index in [9.17, 15) is 4.79 Å². The van der Waals surface area contributed by atoms with Gasteiger partial charge in [0.15, 0.2) is 0 Å². The molecule has 1 amide bonds. The standard InChI is InChI=1S/C20H18ClNO3/c1-14(18-11-6-12-24-18)22-20(23)16-8-3-5-10-19(16)25-13-15-7-2-4-9-17(15)21/h2-12,14H,13H2,1H3,(H,22,23). The second-order valence-corrected chi connectivity index (χ2v) is 5.99. The Hall–Kier alpha value is -2.72. The van der Waals surface area contributed by atoms with Crippen molar-refractivity contribution in [2.45, 2.75) is 19.6 Å². The van der Waals surface area contributed by atoms with Crippen LogP contribution in [0.4, 0.5) is 0 Å². The summed E-state index contributed by atoms with van der Waals surface area (Å²) >= 11 is 6.15. The number of benzene rings is 2. The molecular weight excluding hydrogens is 338 g/mol. The van der Waals surface area contributed by atoms with E-state index in [0.717, 1.165) is 5.56 Å². The van der Waals surface area contributed by atoms with Crippen molar-refractivity contribution < 1.29 is 13.9 Å². The van der Waals surface area contributed by atoms with Crippen LogP contribution in [-0.2, 0) is 6.61 Å². The summed E-state index contributed by atoms with van der Waals surface area (Å²) in [6.07, 6.45) is 1.58. The van der Waals surface area contributed by atoms with Crippen molar-refractivity contribution in [2.75, 3.05) is 0 Å². The summed E-state index contributed by atoms with van der Waals surface area (Å²) in [6, 6.07) is 18.0. The molecule has 1 aromatic heterocycles. The van der Waals surface area contributed by atoms with Crippen molar-refractivity contribution in [2.24, 2.45) is 0 Å². The van der Waals surface area contributed by atoms with Gasteiger partial charge in [0.05, 0.1) is 17.9 Å². The van der Waals surface area contributed by atoms with E-state index in [0.29, 0.717) is 22.1 Å². The third kappa shape index (κ3) is 4.22. The van der Waals surface area contributed by atoms with E-state index < -0.39 is 0 Å². The molecule has 0 spiro atoms. The van der Waals surface area contributed by atoms with Crippen LogP contribution in [0.25, 0.3) is 0 Å². The Morgan fingerprint density at radius 3 is 2.64 bits per heavy atom. The molecule has 0 bridgehead atoms. The number of hydrogen-bond acceptors (Lipinski definition) is 3. The summed E-state index contributed by atoms with van der Waals surface area (Å²) in [5.41, 5.74) is 1.33. The van der Waals surface area contributed by atoms with Crippen LogP contribution in [0, 0.1) is 0 Å². The minimum Gasteiger partial charge on any atom is -0.488 e. The normalized spacial score (nSPS) is 11.8. The number of para-hydroxylation sites is 1. The monoisotopic (exact) mass is 355 g/mol. The molecular formula is C20H18ClNO3. The van der Waals surface area contributed by atoms with E-state index in [-0.39, 0.29) is 18.6 Å². The summed E-state index contributed by atoms with van der Waals surface area (Å²) in [7, 11) is 0. The third-order valence-corrected chi connectivity index (χ3v) is 4.16. The quantitative estimate of drug-likeness (QED) is 0.676. The molecule has 1 N–H and O–H groups in total. The highest BCUT2D eigenvalue weighted by molar-refractivity contribution is 6.31. The van der Waals surface area contributed by atoms with Crippen molar-refractivity contribution in [3.63, 3.8) is 0 Å². The highest BCUT2D eigenvalue weighted by atomic mass is 35.5. The van der Waals surface area contributed by atoms with Crippen LogP contribution in [0.1, 0.15) is 34.6 Å². The van der Waals surface area contributed by atoms with Gasteiger partial charge < -0.3 is 14.5 Å². The summed E-state index contributed by atoms with van der Waals surface area (Å²) in [6.45, 7) is 2.15. The van der Waals surface area contributed by atoms with Gasteiger partial charge in [-0.3, -0.25) is 4.79 Å². The van der Waals surface area contributed by atoms with Gasteiger partial charge in [0.2, 0.25) is 0 Å². The van der Waals surface area contributed by atoms with Crippen LogP contribution < -0.4 is 10.1 Å². The summed E-state index contributed by atoms with van der Waals surface area (Å²) in [5, 5.41) is 3.54. The number of hydrogen-bond donors (Lipinski definition) is 1. The molecule has 25 heavy (non-hydrogen) atoms. The van der Waals surface area contributed by atoms with Gasteiger partial charge >= 0.3 is 0 Å². The SMILES string of the molecule is CC(NC(=O)c1ccccc1OCc1ccccc1Cl)c1ccco1. The molecule has 2 aromatic carbocycles. The molecule has 1 atom stereocenters. The molecule has 0 aliphatic heterocycles. The Labute approximate surface area is 151 Å². The van der Waals surface area contributed by atoms with Gasteiger partial charge in [0.25, 0.3) is 5.91 Å². The van der Waals surface area contributed by atoms with Crippen LogP contribution in [-0.4, -0.2) is 5.91 Å². The minimum atomic E-state index is -0.237. The molecule has 3 rings (SSSR count). The molecule has 0 radical (unpaired) electrons. The number of amides is 1. The summed E-state index contributed by atoms with van der Waals surface area (Å²) < 4.78 is 11.1. The molecule has 0 aliphatic carbocycles. The first-order valence-corrected chi connectivity index (χ1v) is 8.32. The van der Waals surface area contributed by atoms with E-state index in [4.69, 9.17) is 20.8 Å². The van der Waals surface area contributed by atoms with Crippen LogP contribution in [0.5, 0.6) is 5.75 Å². The maximum atomic E-state index is 12.6. The highest BCUT2D eigenvalue weighted by Gasteiger charge is 2.17. The van der Waals surface area contributed by atoms with Gasteiger partial charge in [-0.15, -0.1) is 0 Å². The first-order chi connectivity index (χ1) is 12.1. The number of carbonyl (C=O) groups excluding carboxylic acids is 1. The molecule has 3 aromatic rings. The third-order valence-electron chi connectivity index (χ3n) is 3.79. The highest BCUT2D eigenvalue weighted by Crippen LogP contribution is 2.23. The summed E-state index contributed by atoms with van der Waals surface area (Å²) in [4.78, 5) is 12.6. The van der Waals surface area contributed by atoms with Crippen molar-refractivity contribution in [3.8, 4) is 5.75 Å². The second-order valence-electron chi connectivity index (χ2n) is 5.59. The van der Waals surface area contributed by atoms with Crippen LogP contribution in [0.2, 0.25) is 5.02 Å². The predicted molar refractivity (Wildman–Crippen MR) is 96.8 cm³/mol. The number of carbonyl (C=O) groups is 1. The smallest absolute Gasteiger partial charge is 0.255 e. The van der Waals surface area contributed by atoms with Crippen LogP contribution >= 0.6 is 11.6 Å². The van der Waals surface area contributed by atoms with Crippen molar-refractivity contribution >= 4 is 17.5 Å². The zero-order valence-electron chi connectivity index (χ0n) is 13.7. The Morgan fingerprint density at radius 1 is 1.12 bits per heavy atom.